The topological polar surface area (TPSA) is 98.0 Å². The Morgan fingerprint density at radius 1 is 1.10 bits per heavy atom. The number of urea groups is 1. The maximum atomic E-state index is 12.1. The third-order valence-electron chi connectivity index (χ3n) is 2.35. The highest BCUT2D eigenvalue weighted by atomic mass is 32.2. The molecule has 3 amide bonds. The van der Waals surface area contributed by atoms with E-state index in [1.54, 1.807) is 30.6 Å². The first-order chi connectivity index (χ1) is 9.66. The van der Waals surface area contributed by atoms with E-state index in [2.05, 4.69) is 15.3 Å². The van der Waals surface area contributed by atoms with Crippen LogP contribution in [0.5, 0.6) is 0 Å². The van der Waals surface area contributed by atoms with Crippen LogP contribution in [0.2, 0.25) is 0 Å². The third kappa shape index (κ3) is 3.79. The summed E-state index contributed by atoms with van der Waals surface area (Å²) in [6.07, 6.45) is 3.17. The monoisotopic (exact) mass is 288 g/mol. The zero-order valence-electron chi connectivity index (χ0n) is 10.4. The highest BCUT2D eigenvalue weighted by Gasteiger charge is 2.24. The second-order valence-electron chi connectivity index (χ2n) is 3.79. The van der Waals surface area contributed by atoms with E-state index in [0.29, 0.717) is 5.16 Å². The van der Waals surface area contributed by atoms with Crippen LogP contribution in [0, 0.1) is 0 Å². The van der Waals surface area contributed by atoms with Crippen molar-refractivity contribution in [2.75, 3.05) is 0 Å². The van der Waals surface area contributed by atoms with Gasteiger partial charge in [0.15, 0.2) is 5.16 Å². The van der Waals surface area contributed by atoms with Crippen LogP contribution in [-0.4, -0.2) is 21.9 Å². The molecule has 2 rings (SSSR count). The van der Waals surface area contributed by atoms with Crippen molar-refractivity contribution in [2.24, 2.45) is 5.73 Å². The molecule has 0 saturated carbocycles. The van der Waals surface area contributed by atoms with Crippen LogP contribution in [0.4, 0.5) is 4.79 Å². The fourth-order valence-corrected chi connectivity index (χ4v) is 2.45. The van der Waals surface area contributed by atoms with Gasteiger partial charge >= 0.3 is 6.03 Å². The summed E-state index contributed by atoms with van der Waals surface area (Å²) >= 11 is 1.15. The summed E-state index contributed by atoms with van der Waals surface area (Å²) < 4.78 is 0. The molecule has 0 unspecified atom stereocenters. The van der Waals surface area contributed by atoms with E-state index in [1.165, 1.54) is 0 Å². The smallest absolute Gasteiger partial charge is 0.318 e. The van der Waals surface area contributed by atoms with Crippen molar-refractivity contribution in [3.8, 4) is 0 Å². The molecule has 0 aliphatic rings. The van der Waals surface area contributed by atoms with Gasteiger partial charge in [0.2, 0.25) is 5.91 Å². The molecule has 0 aliphatic heterocycles. The first-order valence-electron chi connectivity index (χ1n) is 5.76. The average Bonchev–Trinajstić information content (AvgIpc) is 2.46. The van der Waals surface area contributed by atoms with Gasteiger partial charge in [-0.3, -0.25) is 10.1 Å². The normalized spacial score (nSPS) is 11.6. The van der Waals surface area contributed by atoms with Crippen molar-refractivity contribution in [2.45, 2.75) is 10.4 Å². The Hall–Kier alpha value is -2.41. The molecule has 6 nitrogen and oxygen atoms in total. The maximum absolute atomic E-state index is 12.1. The SMILES string of the molecule is NC(=O)NC(=O)[C@H](Sc1ncccn1)c1ccccc1. The number of benzene rings is 1. The number of thioether (sulfide) groups is 1. The molecule has 0 fully saturated rings. The van der Waals surface area contributed by atoms with Gasteiger partial charge in [0.05, 0.1) is 0 Å². The average molecular weight is 288 g/mol. The standard InChI is InChI=1S/C13H12N4O2S/c14-12(19)17-11(18)10(9-5-2-1-3-6-9)20-13-15-7-4-8-16-13/h1-8,10H,(H3,14,17,18,19)/t10-/m1/s1. The Morgan fingerprint density at radius 3 is 2.35 bits per heavy atom. The molecule has 2 aromatic rings. The number of nitrogens with zero attached hydrogens (tertiary/aromatic N) is 2. The van der Waals surface area contributed by atoms with Gasteiger partial charge in [0.25, 0.3) is 0 Å². The van der Waals surface area contributed by atoms with Crippen molar-refractivity contribution in [1.29, 1.82) is 0 Å². The van der Waals surface area contributed by atoms with Crippen LogP contribution in [0.15, 0.2) is 53.9 Å². The second kappa shape index (κ2) is 6.67. The molecule has 1 atom stereocenters. The van der Waals surface area contributed by atoms with Crippen LogP contribution < -0.4 is 11.1 Å². The van der Waals surface area contributed by atoms with Crippen molar-refractivity contribution in [1.82, 2.24) is 15.3 Å². The molecule has 0 radical (unpaired) electrons. The Morgan fingerprint density at radius 2 is 1.75 bits per heavy atom. The van der Waals surface area contributed by atoms with Crippen molar-refractivity contribution >= 4 is 23.7 Å². The lowest BCUT2D eigenvalue weighted by Gasteiger charge is -2.14. The maximum Gasteiger partial charge on any atom is 0.318 e. The number of imide groups is 1. The molecule has 20 heavy (non-hydrogen) atoms. The zero-order valence-corrected chi connectivity index (χ0v) is 11.2. The van der Waals surface area contributed by atoms with Crippen LogP contribution >= 0.6 is 11.8 Å². The molecule has 0 aliphatic carbocycles. The minimum Gasteiger partial charge on any atom is -0.351 e. The first kappa shape index (κ1) is 14.0. The van der Waals surface area contributed by atoms with Crippen LogP contribution in [0.3, 0.4) is 0 Å². The number of carbonyl (C=O) groups is 2. The summed E-state index contributed by atoms with van der Waals surface area (Å²) in [5, 5.41) is 1.88. The van der Waals surface area contributed by atoms with Crippen LogP contribution in [0.25, 0.3) is 0 Å². The summed E-state index contributed by atoms with van der Waals surface area (Å²) in [6.45, 7) is 0. The molecule has 0 spiro atoms. The van der Waals surface area contributed by atoms with E-state index in [-0.39, 0.29) is 0 Å². The Balaban J connectivity index is 2.25. The van der Waals surface area contributed by atoms with Gasteiger partial charge in [0.1, 0.15) is 5.25 Å². The number of aromatic nitrogens is 2. The number of primary amides is 1. The highest BCUT2D eigenvalue weighted by Crippen LogP contribution is 2.32. The third-order valence-corrected chi connectivity index (χ3v) is 3.50. The number of hydrogen-bond acceptors (Lipinski definition) is 5. The Bertz CT molecular complexity index is 592. The lowest BCUT2D eigenvalue weighted by atomic mass is 10.1. The summed E-state index contributed by atoms with van der Waals surface area (Å²) in [5.41, 5.74) is 5.73. The minimum atomic E-state index is -0.884. The van der Waals surface area contributed by atoms with E-state index in [9.17, 15) is 9.59 Å². The van der Waals surface area contributed by atoms with Crippen molar-refractivity contribution in [3.05, 3.63) is 54.4 Å². The molecule has 102 valence electrons. The fraction of sp³-hybridized carbons (Fsp3) is 0.0769. The van der Waals surface area contributed by atoms with Gasteiger partial charge in [0, 0.05) is 12.4 Å². The summed E-state index contributed by atoms with van der Waals surface area (Å²) in [4.78, 5) is 31.0. The first-order valence-corrected chi connectivity index (χ1v) is 6.63. The van der Waals surface area contributed by atoms with Gasteiger partial charge < -0.3 is 5.73 Å². The van der Waals surface area contributed by atoms with Crippen LogP contribution in [0.1, 0.15) is 10.8 Å². The number of carbonyl (C=O) groups excluding carboxylic acids is 2. The van der Waals surface area contributed by atoms with E-state index in [1.807, 2.05) is 18.2 Å². The summed E-state index contributed by atoms with van der Waals surface area (Å²) in [6, 6.07) is 9.85. The van der Waals surface area contributed by atoms with Crippen LogP contribution in [-0.2, 0) is 4.79 Å². The fourth-order valence-electron chi connectivity index (χ4n) is 1.54. The van der Waals surface area contributed by atoms with Gasteiger partial charge in [-0.15, -0.1) is 0 Å². The quantitative estimate of drug-likeness (QED) is 0.656. The summed E-state index contributed by atoms with van der Waals surface area (Å²) in [5.74, 6) is -0.499. The molecule has 0 saturated heterocycles. The summed E-state index contributed by atoms with van der Waals surface area (Å²) in [7, 11) is 0. The largest absolute Gasteiger partial charge is 0.351 e. The van der Waals surface area contributed by atoms with Gasteiger partial charge in [-0.1, -0.05) is 42.1 Å². The molecule has 7 heteroatoms. The molecular weight excluding hydrogens is 276 g/mol. The molecular formula is C13H12N4O2S. The van der Waals surface area contributed by atoms with Gasteiger partial charge in [-0.2, -0.15) is 0 Å². The predicted octanol–water partition coefficient (Wildman–Crippen LogP) is 1.50. The molecule has 1 heterocycles. The lowest BCUT2D eigenvalue weighted by molar-refractivity contribution is -0.119. The Labute approximate surface area is 119 Å². The lowest BCUT2D eigenvalue weighted by Crippen LogP contribution is -2.37. The number of hydrogen-bond donors (Lipinski definition) is 2. The zero-order chi connectivity index (χ0) is 14.4. The predicted molar refractivity (Wildman–Crippen MR) is 74.8 cm³/mol. The minimum absolute atomic E-state index is 0.445. The number of amides is 3. The molecule has 3 N–H and O–H groups in total. The number of nitrogens with one attached hydrogen (secondary N) is 1. The Kier molecular flexibility index (Phi) is 4.67. The van der Waals surface area contributed by atoms with Crippen molar-refractivity contribution < 1.29 is 9.59 Å². The van der Waals surface area contributed by atoms with E-state index < -0.39 is 17.2 Å². The van der Waals surface area contributed by atoms with E-state index in [4.69, 9.17) is 5.73 Å². The van der Waals surface area contributed by atoms with Crippen molar-refractivity contribution in [3.63, 3.8) is 0 Å². The molecule has 0 bridgehead atoms. The van der Waals surface area contributed by atoms with E-state index in [0.717, 1.165) is 17.3 Å². The molecule has 1 aromatic heterocycles. The van der Waals surface area contributed by atoms with E-state index >= 15 is 0 Å². The van der Waals surface area contributed by atoms with Gasteiger partial charge in [-0.25, -0.2) is 14.8 Å². The van der Waals surface area contributed by atoms with Gasteiger partial charge in [-0.05, 0) is 11.6 Å². The number of nitrogens with two attached hydrogens (primary N) is 1. The molecule has 1 aromatic carbocycles. The second-order valence-corrected chi connectivity index (χ2v) is 4.87. The number of rotatable bonds is 4. The highest BCUT2D eigenvalue weighted by molar-refractivity contribution is 8.00.